The summed E-state index contributed by atoms with van der Waals surface area (Å²) < 4.78 is 0. The van der Waals surface area contributed by atoms with E-state index in [2.05, 4.69) is 20.9 Å². The van der Waals surface area contributed by atoms with E-state index in [1.165, 1.54) is 11.8 Å². The van der Waals surface area contributed by atoms with Crippen LogP contribution in [0.3, 0.4) is 0 Å². The Kier molecular flexibility index (Phi) is 4.79. The van der Waals surface area contributed by atoms with Crippen molar-refractivity contribution in [1.82, 2.24) is 9.88 Å². The Morgan fingerprint density at radius 1 is 1.17 bits per heavy atom. The molecule has 0 unspecified atom stereocenters. The summed E-state index contributed by atoms with van der Waals surface area (Å²) in [5.41, 5.74) is 6.91. The molecule has 1 aromatic heterocycles. The van der Waals surface area contributed by atoms with Gasteiger partial charge in [-0.3, -0.25) is 9.69 Å². The smallest absolute Gasteiger partial charge is 0.250 e. The Labute approximate surface area is 140 Å². The van der Waals surface area contributed by atoms with Gasteiger partial charge in [-0.2, -0.15) is 0 Å². The molecule has 0 radical (unpaired) electrons. The van der Waals surface area contributed by atoms with Gasteiger partial charge in [0.2, 0.25) is 5.91 Å². The van der Waals surface area contributed by atoms with Crippen molar-refractivity contribution in [1.29, 1.82) is 0 Å². The normalized spacial score (nSPS) is 15.6. The van der Waals surface area contributed by atoms with Crippen LogP contribution in [0.15, 0.2) is 42.6 Å². The molecule has 0 saturated carbocycles. The summed E-state index contributed by atoms with van der Waals surface area (Å²) in [5.74, 6) is 0.438. The first kappa shape index (κ1) is 15.8. The van der Waals surface area contributed by atoms with Crippen LogP contribution in [0.25, 0.3) is 0 Å². The van der Waals surface area contributed by atoms with E-state index >= 15 is 0 Å². The number of anilines is 1. The van der Waals surface area contributed by atoms with Crippen LogP contribution in [0.5, 0.6) is 0 Å². The molecule has 1 amide bonds. The van der Waals surface area contributed by atoms with E-state index in [4.69, 9.17) is 17.3 Å². The zero-order chi connectivity index (χ0) is 16.2. The van der Waals surface area contributed by atoms with Crippen molar-refractivity contribution in [3.05, 3.63) is 58.7 Å². The van der Waals surface area contributed by atoms with Gasteiger partial charge in [-0.1, -0.05) is 23.7 Å². The third-order valence-electron chi connectivity index (χ3n) is 4.02. The number of hydrogen-bond donors (Lipinski definition) is 1. The summed E-state index contributed by atoms with van der Waals surface area (Å²) in [6, 6.07) is 11.6. The van der Waals surface area contributed by atoms with Crippen molar-refractivity contribution in [2.75, 3.05) is 31.1 Å². The summed E-state index contributed by atoms with van der Waals surface area (Å²) in [6.07, 6.45) is 1.54. The topological polar surface area (TPSA) is 62.5 Å². The number of carbonyl (C=O) groups excluding carboxylic acids is 1. The van der Waals surface area contributed by atoms with E-state index in [-0.39, 0.29) is 0 Å². The van der Waals surface area contributed by atoms with Crippen molar-refractivity contribution >= 4 is 23.3 Å². The number of halogens is 1. The maximum Gasteiger partial charge on any atom is 0.250 e. The zero-order valence-corrected chi connectivity index (χ0v) is 13.5. The van der Waals surface area contributed by atoms with Gasteiger partial charge in [0, 0.05) is 43.9 Å². The van der Waals surface area contributed by atoms with Gasteiger partial charge in [0.05, 0.1) is 5.56 Å². The summed E-state index contributed by atoms with van der Waals surface area (Å²) in [4.78, 5) is 20.0. The molecule has 1 fully saturated rings. The zero-order valence-electron chi connectivity index (χ0n) is 12.8. The molecule has 1 saturated heterocycles. The Hall–Kier alpha value is -2.11. The standard InChI is InChI=1S/C17H19ClN4O/c18-15-3-1-2-13(10-15)12-21-6-8-22(9-7-21)16-5-4-14(11-20-16)17(19)23/h1-5,10-11H,6-9,12H2,(H2,19,23). The van der Waals surface area contributed by atoms with Crippen LogP contribution in [0.1, 0.15) is 15.9 Å². The number of primary amides is 1. The lowest BCUT2D eigenvalue weighted by atomic mass is 10.2. The van der Waals surface area contributed by atoms with Crippen molar-refractivity contribution in [2.24, 2.45) is 5.73 Å². The third kappa shape index (κ3) is 4.00. The molecular formula is C17H19ClN4O. The van der Waals surface area contributed by atoms with Gasteiger partial charge < -0.3 is 10.6 Å². The maximum atomic E-state index is 11.1. The lowest BCUT2D eigenvalue weighted by Crippen LogP contribution is -2.46. The van der Waals surface area contributed by atoms with Crippen LogP contribution in [0.4, 0.5) is 5.82 Å². The van der Waals surface area contributed by atoms with Gasteiger partial charge in [-0.05, 0) is 29.8 Å². The van der Waals surface area contributed by atoms with Crippen LogP contribution >= 0.6 is 11.6 Å². The van der Waals surface area contributed by atoms with Gasteiger partial charge in [-0.15, -0.1) is 0 Å². The molecule has 0 spiro atoms. The first-order chi connectivity index (χ1) is 11.1. The van der Waals surface area contributed by atoms with E-state index in [1.807, 2.05) is 24.3 Å². The minimum atomic E-state index is -0.449. The van der Waals surface area contributed by atoms with Crippen molar-refractivity contribution in [2.45, 2.75) is 6.54 Å². The molecule has 1 aromatic carbocycles. The minimum absolute atomic E-state index is 0.438. The highest BCUT2D eigenvalue weighted by atomic mass is 35.5. The average molecular weight is 331 g/mol. The average Bonchev–Trinajstić information content (AvgIpc) is 2.56. The predicted octanol–water partition coefficient (Wildman–Crippen LogP) is 2.16. The van der Waals surface area contributed by atoms with Crippen LogP contribution in [0.2, 0.25) is 5.02 Å². The first-order valence-electron chi connectivity index (χ1n) is 7.59. The molecule has 2 aromatic rings. The van der Waals surface area contributed by atoms with Crippen molar-refractivity contribution in [3.8, 4) is 0 Å². The number of nitrogens with two attached hydrogens (primary N) is 1. The molecule has 6 heteroatoms. The highest BCUT2D eigenvalue weighted by Crippen LogP contribution is 2.17. The molecule has 1 aliphatic rings. The number of pyridine rings is 1. The van der Waals surface area contributed by atoms with Crippen LogP contribution in [-0.4, -0.2) is 42.0 Å². The second-order valence-corrected chi connectivity index (χ2v) is 6.10. The van der Waals surface area contributed by atoms with Gasteiger partial charge in [-0.25, -0.2) is 4.98 Å². The Bertz CT molecular complexity index is 681. The number of carbonyl (C=O) groups is 1. The second-order valence-electron chi connectivity index (χ2n) is 5.66. The van der Waals surface area contributed by atoms with Crippen LogP contribution in [0, 0.1) is 0 Å². The fourth-order valence-corrected chi connectivity index (χ4v) is 2.96. The molecule has 23 heavy (non-hydrogen) atoms. The molecule has 120 valence electrons. The molecule has 1 aliphatic heterocycles. The summed E-state index contributed by atoms with van der Waals surface area (Å²) >= 11 is 6.03. The van der Waals surface area contributed by atoms with Gasteiger partial charge in [0.15, 0.2) is 0 Å². The number of hydrogen-bond acceptors (Lipinski definition) is 4. The van der Waals surface area contributed by atoms with E-state index in [0.717, 1.165) is 43.6 Å². The Morgan fingerprint density at radius 2 is 1.96 bits per heavy atom. The first-order valence-corrected chi connectivity index (χ1v) is 7.97. The summed E-state index contributed by atoms with van der Waals surface area (Å²) in [6.45, 7) is 4.65. The summed E-state index contributed by atoms with van der Waals surface area (Å²) in [7, 11) is 0. The number of amides is 1. The quantitative estimate of drug-likeness (QED) is 0.933. The SMILES string of the molecule is NC(=O)c1ccc(N2CCN(Cc3cccc(Cl)c3)CC2)nc1. The Morgan fingerprint density at radius 3 is 2.57 bits per heavy atom. The lowest BCUT2D eigenvalue weighted by Gasteiger charge is -2.35. The van der Waals surface area contributed by atoms with Gasteiger partial charge >= 0.3 is 0 Å². The largest absolute Gasteiger partial charge is 0.366 e. The number of rotatable bonds is 4. The van der Waals surface area contributed by atoms with E-state index < -0.39 is 5.91 Å². The maximum absolute atomic E-state index is 11.1. The number of nitrogens with zero attached hydrogens (tertiary/aromatic N) is 3. The molecule has 0 bridgehead atoms. The molecule has 5 nitrogen and oxygen atoms in total. The Balaban J connectivity index is 1.56. The van der Waals surface area contributed by atoms with E-state index in [9.17, 15) is 4.79 Å². The third-order valence-corrected chi connectivity index (χ3v) is 4.26. The molecule has 2 heterocycles. The fraction of sp³-hybridized carbons (Fsp3) is 0.294. The van der Waals surface area contributed by atoms with E-state index in [1.54, 1.807) is 6.07 Å². The molecule has 0 aliphatic carbocycles. The number of piperazine rings is 1. The molecular weight excluding hydrogens is 312 g/mol. The number of aromatic nitrogens is 1. The second kappa shape index (κ2) is 6.98. The predicted molar refractivity (Wildman–Crippen MR) is 91.7 cm³/mol. The minimum Gasteiger partial charge on any atom is -0.366 e. The van der Waals surface area contributed by atoms with Crippen molar-refractivity contribution < 1.29 is 4.79 Å². The lowest BCUT2D eigenvalue weighted by molar-refractivity contribution is 0.1000. The molecule has 0 atom stereocenters. The summed E-state index contributed by atoms with van der Waals surface area (Å²) in [5, 5.41) is 0.778. The molecule has 3 rings (SSSR count). The van der Waals surface area contributed by atoms with Crippen molar-refractivity contribution in [3.63, 3.8) is 0 Å². The fourth-order valence-electron chi connectivity index (χ4n) is 2.75. The molecule has 2 N–H and O–H groups in total. The number of benzene rings is 1. The van der Waals surface area contributed by atoms with Crippen LogP contribution in [-0.2, 0) is 6.54 Å². The highest BCUT2D eigenvalue weighted by molar-refractivity contribution is 6.30. The highest BCUT2D eigenvalue weighted by Gasteiger charge is 2.18. The van der Waals surface area contributed by atoms with Gasteiger partial charge in [0.25, 0.3) is 0 Å². The van der Waals surface area contributed by atoms with Gasteiger partial charge in [0.1, 0.15) is 5.82 Å². The van der Waals surface area contributed by atoms with E-state index in [0.29, 0.717) is 5.56 Å². The van der Waals surface area contributed by atoms with Crippen LogP contribution < -0.4 is 10.6 Å². The monoisotopic (exact) mass is 330 g/mol.